The van der Waals surface area contributed by atoms with Gasteiger partial charge in [-0.1, -0.05) is 146 Å². The first-order valence-corrected chi connectivity index (χ1v) is 21.9. The highest BCUT2D eigenvalue weighted by molar-refractivity contribution is 7.26. The van der Waals surface area contributed by atoms with Gasteiger partial charge in [0.25, 0.3) is 0 Å². The van der Waals surface area contributed by atoms with Crippen molar-refractivity contribution in [3.8, 4) is 27.9 Å². The van der Waals surface area contributed by atoms with Gasteiger partial charge in [-0.3, -0.25) is 0 Å². The molecule has 0 saturated heterocycles. The van der Waals surface area contributed by atoms with Gasteiger partial charge in [0.05, 0.1) is 27.8 Å². The molecule has 0 aliphatic carbocycles. The molecule has 0 saturated carbocycles. The van der Waals surface area contributed by atoms with Crippen LogP contribution < -0.4 is 4.90 Å². The first kappa shape index (κ1) is 34.9. The van der Waals surface area contributed by atoms with E-state index in [0.29, 0.717) is 0 Å². The van der Waals surface area contributed by atoms with Crippen molar-refractivity contribution in [1.29, 1.82) is 0 Å². The highest BCUT2D eigenvalue weighted by Gasteiger charge is 2.24. The van der Waals surface area contributed by atoms with Crippen molar-refractivity contribution in [3.05, 3.63) is 218 Å². The SMILES string of the molecule is c1ccc(N(c2ccc(-c3ccc4ccccc4c3)cc2)c2cc(-c3cccc4c3sc3ccccc34)ccc2-n2c3ccccc3c3c4oc5ccccc5c4ccc32)cc1. The molecule has 3 nitrogen and oxygen atoms in total. The second-order valence-corrected chi connectivity index (χ2v) is 17.1. The molecule has 0 amide bonds. The third kappa shape index (κ3) is 5.37. The van der Waals surface area contributed by atoms with Gasteiger partial charge in [-0.15, -0.1) is 11.3 Å². The van der Waals surface area contributed by atoms with E-state index in [9.17, 15) is 0 Å². The molecule has 290 valence electrons. The molecule has 62 heavy (non-hydrogen) atoms. The molecule has 0 N–H and O–H groups in total. The molecule has 3 aromatic heterocycles. The van der Waals surface area contributed by atoms with Gasteiger partial charge >= 0.3 is 0 Å². The van der Waals surface area contributed by atoms with Crippen LogP contribution in [0.1, 0.15) is 0 Å². The maximum absolute atomic E-state index is 6.73. The molecule has 4 heteroatoms. The van der Waals surface area contributed by atoms with Crippen LogP contribution in [0.3, 0.4) is 0 Å². The van der Waals surface area contributed by atoms with Crippen molar-refractivity contribution < 1.29 is 4.42 Å². The van der Waals surface area contributed by atoms with Gasteiger partial charge in [-0.25, -0.2) is 0 Å². The van der Waals surface area contributed by atoms with E-state index in [1.807, 2.05) is 17.4 Å². The molecular formula is C58H36N2OS. The van der Waals surface area contributed by atoms with E-state index >= 15 is 0 Å². The molecule has 0 spiro atoms. The summed E-state index contributed by atoms with van der Waals surface area (Å²) in [5, 5.41) is 9.59. The fraction of sp³-hybridized carbons (Fsp3) is 0. The Labute approximate surface area is 361 Å². The number of aromatic nitrogens is 1. The minimum atomic E-state index is 0.898. The Morgan fingerprint density at radius 3 is 2.00 bits per heavy atom. The van der Waals surface area contributed by atoms with Crippen molar-refractivity contribution in [1.82, 2.24) is 4.57 Å². The van der Waals surface area contributed by atoms with Crippen molar-refractivity contribution in [2.75, 3.05) is 4.90 Å². The van der Waals surface area contributed by atoms with Crippen LogP contribution in [0.15, 0.2) is 223 Å². The Morgan fingerprint density at radius 1 is 0.419 bits per heavy atom. The van der Waals surface area contributed by atoms with E-state index in [2.05, 4.69) is 222 Å². The molecule has 0 fully saturated rings. The lowest BCUT2D eigenvalue weighted by molar-refractivity contribution is 0.673. The van der Waals surface area contributed by atoms with Gasteiger partial charge in [-0.05, 0) is 106 Å². The summed E-state index contributed by atoms with van der Waals surface area (Å²) in [6, 6.07) is 79.3. The molecular weight excluding hydrogens is 773 g/mol. The highest BCUT2D eigenvalue weighted by atomic mass is 32.1. The van der Waals surface area contributed by atoms with E-state index < -0.39 is 0 Å². The van der Waals surface area contributed by atoms with Gasteiger partial charge < -0.3 is 13.9 Å². The zero-order valence-corrected chi connectivity index (χ0v) is 34.3. The Hall–Kier alpha value is -7.92. The average molecular weight is 809 g/mol. The van der Waals surface area contributed by atoms with E-state index in [-0.39, 0.29) is 0 Å². The number of hydrogen-bond acceptors (Lipinski definition) is 3. The number of hydrogen-bond donors (Lipinski definition) is 0. The number of para-hydroxylation sites is 3. The zero-order valence-electron chi connectivity index (χ0n) is 33.5. The third-order valence-corrected chi connectivity index (χ3v) is 13.8. The van der Waals surface area contributed by atoms with E-state index in [4.69, 9.17) is 4.42 Å². The molecule has 0 unspecified atom stereocenters. The van der Waals surface area contributed by atoms with Crippen LogP contribution in [0.2, 0.25) is 0 Å². The molecule has 13 rings (SSSR count). The van der Waals surface area contributed by atoms with E-state index in [1.165, 1.54) is 47.6 Å². The maximum atomic E-state index is 6.73. The van der Waals surface area contributed by atoms with Gasteiger partial charge in [0.1, 0.15) is 11.2 Å². The first-order chi connectivity index (χ1) is 30.7. The standard InChI is InChI=1S/C58H36N2OS/c1-2-15-42(16-3-1)59(43-30-27-38(28-31-43)40-26-25-37-13-4-5-14-39(37)35-40)53-36-41(44-20-12-21-48-46-18-8-11-24-55(46)62-58(44)48)29-33-51(53)60-50-22-9-6-19-49(50)56-52(60)34-32-47-45-17-7-10-23-54(45)61-57(47)56/h1-36H. The fourth-order valence-electron chi connectivity index (χ4n) is 9.70. The summed E-state index contributed by atoms with van der Waals surface area (Å²) in [5.41, 5.74) is 13.1. The smallest absolute Gasteiger partial charge is 0.145 e. The van der Waals surface area contributed by atoms with Crippen molar-refractivity contribution in [2.45, 2.75) is 0 Å². The average Bonchev–Trinajstić information content (AvgIpc) is 4.02. The minimum absolute atomic E-state index is 0.898. The number of anilines is 3. The lowest BCUT2D eigenvalue weighted by atomic mass is 9.99. The Morgan fingerprint density at radius 2 is 1.11 bits per heavy atom. The number of thiophene rings is 1. The predicted molar refractivity (Wildman–Crippen MR) is 264 cm³/mol. The molecule has 0 aliphatic heterocycles. The Bertz CT molecular complexity index is 3870. The van der Waals surface area contributed by atoms with Crippen molar-refractivity contribution >= 4 is 103 Å². The predicted octanol–water partition coefficient (Wildman–Crippen LogP) is 17.0. The van der Waals surface area contributed by atoms with Crippen molar-refractivity contribution in [2.24, 2.45) is 0 Å². The second-order valence-electron chi connectivity index (χ2n) is 16.1. The lowest BCUT2D eigenvalue weighted by Gasteiger charge is -2.29. The number of fused-ring (bicyclic) bond motifs is 11. The van der Waals surface area contributed by atoms with Crippen LogP contribution in [0.25, 0.3) is 103 Å². The molecule has 3 heterocycles. The normalized spacial score (nSPS) is 11.9. The maximum Gasteiger partial charge on any atom is 0.145 e. The highest BCUT2D eigenvalue weighted by Crippen LogP contribution is 2.47. The van der Waals surface area contributed by atoms with Crippen LogP contribution in [0, 0.1) is 0 Å². The monoisotopic (exact) mass is 808 g/mol. The Balaban J connectivity index is 1.08. The zero-order chi connectivity index (χ0) is 40.7. The van der Waals surface area contributed by atoms with Gasteiger partial charge in [0.2, 0.25) is 0 Å². The molecule has 0 radical (unpaired) electrons. The molecule has 0 atom stereocenters. The first-order valence-electron chi connectivity index (χ1n) is 21.1. The summed E-state index contributed by atoms with van der Waals surface area (Å²) in [4.78, 5) is 2.42. The molecule has 0 aliphatic rings. The van der Waals surface area contributed by atoms with E-state index in [0.717, 1.165) is 72.1 Å². The number of rotatable bonds is 6. The largest absolute Gasteiger partial charge is 0.455 e. The van der Waals surface area contributed by atoms with Crippen molar-refractivity contribution in [3.63, 3.8) is 0 Å². The summed E-state index contributed by atoms with van der Waals surface area (Å²) in [6.45, 7) is 0. The molecule has 13 aromatic rings. The summed E-state index contributed by atoms with van der Waals surface area (Å²) in [7, 11) is 0. The van der Waals surface area contributed by atoms with Crippen LogP contribution in [0.5, 0.6) is 0 Å². The van der Waals surface area contributed by atoms with Gasteiger partial charge in [-0.2, -0.15) is 0 Å². The summed E-state index contributed by atoms with van der Waals surface area (Å²) in [5.74, 6) is 0. The van der Waals surface area contributed by atoms with Gasteiger partial charge in [0, 0.05) is 47.7 Å². The fourth-order valence-corrected chi connectivity index (χ4v) is 10.9. The second kappa shape index (κ2) is 13.8. The van der Waals surface area contributed by atoms with Gasteiger partial charge in [0.15, 0.2) is 0 Å². The van der Waals surface area contributed by atoms with E-state index in [1.54, 1.807) is 0 Å². The van der Waals surface area contributed by atoms with Crippen LogP contribution >= 0.6 is 11.3 Å². The number of nitrogens with zero attached hydrogens (tertiary/aromatic N) is 2. The lowest BCUT2D eigenvalue weighted by Crippen LogP contribution is -2.13. The summed E-state index contributed by atoms with van der Waals surface area (Å²) >= 11 is 1.87. The topological polar surface area (TPSA) is 21.3 Å². The third-order valence-electron chi connectivity index (χ3n) is 12.6. The Kier molecular flexibility index (Phi) is 7.78. The summed E-state index contributed by atoms with van der Waals surface area (Å²) < 4.78 is 11.8. The quantitative estimate of drug-likeness (QED) is 0.167. The number of furan rings is 1. The summed E-state index contributed by atoms with van der Waals surface area (Å²) in [6.07, 6.45) is 0. The molecule has 0 bridgehead atoms. The van der Waals surface area contributed by atoms with Crippen LogP contribution in [-0.2, 0) is 0 Å². The minimum Gasteiger partial charge on any atom is -0.455 e. The molecule has 10 aromatic carbocycles. The number of benzene rings is 10. The van der Waals surface area contributed by atoms with Crippen LogP contribution in [0.4, 0.5) is 17.1 Å². The van der Waals surface area contributed by atoms with Crippen LogP contribution in [-0.4, -0.2) is 4.57 Å².